The first-order valence-electron chi connectivity index (χ1n) is 10.4. The molecule has 1 unspecified atom stereocenters. The minimum absolute atomic E-state index is 0.0308. The summed E-state index contributed by atoms with van der Waals surface area (Å²) < 4.78 is 20.1. The Morgan fingerprint density at radius 2 is 2.19 bits per heavy atom. The fraction of sp³-hybridized carbons (Fsp3) is 0.429. The summed E-state index contributed by atoms with van der Waals surface area (Å²) in [5.41, 5.74) is 2.51. The lowest BCUT2D eigenvalue weighted by Gasteiger charge is -2.23. The van der Waals surface area contributed by atoms with Crippen molar-refractivity contribution in [2.24, 2.45) is 5.14 Å². The van der Waals surface area contributed by atoms with Gasteiger partial charge in [0.2, 0.25) is 5.95 Å². The third-order valence-corrected chi connectivity index (χ3v) is 6.45. The standard InChI is InChI=1S/C21H29N7O2S/c1-14(2)17-13-25-28-19(17)26-21(30-16-8-6-10-23-12-16)27-20(28)24-11-15-7-4-5-9-18(15)31(3,22)29/h4-5,7,9,13-14,16,23H,3,6,8,10-12H2,1-2H3,(H2,22,29)(H,24,26,27)/t16-,31?/m1/s1. The predicted octanol–water partition coefficient (Wildman–Crippen LogP) is 1.94. The number of aromatic nitrogens is 4. The van der Waals surface area contributed by atoms with Gasteiger partial charge < -0.3 is 15.4 Å². The van der Waals surface area contributed by atoms with Gasteiger partial charge in [0, 0.05) is 23.5 Å². The first-order valence-corrected chi connectivity index (χ1v) is 12.2. The van der Waals surface area contributed by atoms with Crippen LogP contribution >= 0.6 is 0 Å². The first kappa shape index (κ1) is 21.5. The first-order chi connectivity index (χ1) is 14.8. The molecule has 3 heterocycles. The second-order valence-corrected chi connectivity index (χ2v) is 9.99. The fourth-order valence-electron chi connectivity index (χ4n) is 3.68. The van der Waals surface area contributed by atoms with E-state index in [2.05, 4.69) is 45.4 Å². The molecule has 0 saturated carbocycles. The van der Waals surface area contributed by atoms with Gasteiger partial charge in [-0.3, -0.25) is 5.14 Å². The summed E-state index contributed by atoms with van der Waals surface area (Å²) in [4.78, 5) is 9.75. The number of ether oxygens (including phenoxy) is 1. The molecule has 3 aromatic rings. The number of piperidine rings is 1. The van der Waals surface area contributed by atoms with E-state index in [1.54, 1.807) is 16.6 Å². The highest BCUT2D eigenvalue weighted by molar-refractivity contribution is 7.98. The number of hydrogen-bond acceptors (Lipinski definition) is 7. The SMILES string of the molecule is C=S(N)(=O)c1ccccc1CNc1nc(O[C@@H]2CCCNC2)nc2c(C(C)C)cnn12. The largest absolute Gasteiger partial charge is 0.459 e. The molecule has 0 spiro atoms. The number of nitrogens with zero attached hydrogens (tertiary/aromatic N) is 4. The van der Waals surface area contributed by atoms with Crippen molar-refractivity contribution in [3.05, 3.63) is 41.6 Å². The lowest BCUT2D eigenvalue weighted by molar-refractivity contribution is 0.153. The van der Waals surface area contributed by atoms with Gasteiger partial charge in [0.05, 0.1) is 15.9 Å². The van der Waals surface area contributed by atoms with Crippen LogP contribution in [-0.2, 0) is 16.3 Å². The molecule has 31 heavy (non-hydrogen) atoms. The molecule has 1 aromatic carbocycles. The van der Waals surface area contributed by atoms with Crippen LogP contribution in [0, 0.1) is 0 Å². The Hall–Kier alpha value is -2.69. The van der Waals surface area contributed by atoms with Gasteiger partial charge in [-0.1, -0.05) is 32.0 Å². The van der Waals surface area contributed by atoms with Crippen LogP contribution < -0.4 is 20.5 Å². The van der Waals surface area contributed by atoms with Crippen molar-refractivity contribution >= 4 is 27.2 Å². The minimum Gasteiger partial charge on any atom is -0.459 e. The molecule has 1 aliphatic heterocycles. The summed E-state index contributed by atoms with van der Waals surface area (Å²) in [7, 11) is -2.84. The smallest absolute Gasteiger partial charge is 0.322 e. The Morgan fingerprint density at radius 1 is 1.39 bits per heavy atom. The average molecular weight is 444 g/mol. The maximum absolute atomic E-state index is 12.4. The molecule has 0 bridgehead atoms. The van der Waals surface area contributed by atoms with E-state index >= 15 is 0 Å². The minimum atomic E-state index is -2.84. The third kappa shape index (κ3) is 4.81. The van der Waals surface area contributed by atoms with Gasteiger partial charge in [-0.25, -0.2) is 4.21 Å². The number of nitrogens with two attached hydrogens (primary N) is 1. The van der Waals surface area contributed by atoms with Gasteiger partial charge in [-0.05, 0) is 42.8 Å². The van der Waals surface area contributed by atoms with Crippen molar-refractivity contribution in [2.45, 2.75) is 50.2 Å². The van der Waals surface area contributed by atoms with Gasteiger partial charge in [0.1, 0.15) is 6.10 Å². The van der Waals surface area contributed by atoms with E-state index in [4.69, 9.17) is 9.88 Å². The number of nitrogens with one attached hydrogen (secondary N) is 2. The lowest BCUT2D eigenvalue weighted by Crippen LogP contribution is -2.37. The van der Waals surface area contributed by atoms with Crippen molar-refractivity contribution in [1.29, 1.82) is 0 Å². The quantitative estimate of drug-likeness (QED) is 0.477. The molecule has 9 nitrogen and oxygen atoms in total. The van der Waals surface area contributed by atoms with Gasteiger partial charge in [-0.2, -0.15) is 19.6 Å². The molecule has 0 aliphatic carbocycles. The Bertz CT molecular complexity index is 1170. The van der Waals surface area contributed by atoms with E-state index in [1.807, 2.05) is 18.3 Å². The predicted molar refractivity (Wildman–Crippen MR) is 123 cm³/mol. The zero-order valence-electron chi connectivity index (χ0n) is 17.9. The van der Waals surface area contributed by atoms with E-state index in [1.165, 1.54) is 0 Å². The highest BCUT2D eigenvalue weighted by Gasteiger charge is 2.20. The van der Waals surface area contributed by atoms with Gasteiger partial charge in [0.25, 0.3) is 0 Å². The number of rotatable bonds is 7. The summed E-state index contributed by atoms with van der Waals surface area (Å²) in [5, 5.41) is 16.9. The molecule has 1 saturated heterocycles. The molecule has 2 atom stereocenters. The summed E-state index contributed by atoms with van der Waals surface area (Å²) >= 11 is 0. The summed E-state index contributed by atoms with van der Waals surface area (Å²) in [5.74, 6) is 4.36. The van der Waals surface area contributed by atoms with Crippen LogP contribution in [0.4, 0.5) is 5.95 Å². The van der Waals surface area contributed by atoms with Crippen molar-refractivity contribution in [2.75, 3.05) is 18.4 Å². The average Bonchev–Trinajstić information content (AvgIpc) is 3.17. The molecule has 4 N–H and O–H groups in total. The maximum atomic E-state index is 12.4. The summed E-state index contributed by atoms with van der Waals surface area (Å²) in [6.07, 6.45) is 3.86. The van der Waals surface area contributed by atoms with Crippen molar-refractivity contribution in [1.82, 2.24) is 24.9 Å². The molecule has 2 aromatic heterocycles. The fourth-order valence-corrected chi connectivity index (χ4v) is 4.57. The normalized spacial score (nSPS) is 18.8. The second-order valence-electron chi connectivity index (χ2n) is 8.09. The third-order valence-electron chi connectivity index (χ3n) is 5.30. The zero-order chi connectivity index (χ0) is 22.0. The monoisotopic (exact) mass is 443 g/mol. The van der Waals surface area contributed by atoms with Gasteiger partial charge in [-0.15, -0.1) is 0 Å². The Morgan fingerprint density at radius 3 is 2.90 bits per heavy atom. The Kier molecular flexibility index (Phi) is 6.12. The number of fused-ring (bicyclic) bond motifs is 1. The van der Waals surface area contributed by atoms with Crippen LogP contribution in [0.1, 0.15) is 43.7 Å². The Balaban J connectivity index is 1.68. The number of benzene rings is 1. The van der Waals surface area contributed by atoms with Crippen LogP contribution in [0.3, 0.4) is 0 Å². The molecule has 1 aliphatic rings. The van der Waals surface area contributed by atoms with E-state index in [9.17, 15) is 4.21 Å². The summed E-state index contributed by atoms with van der Waals surface area (Å²) in [6.45, 7) is 6.33. The molecule has 0 amide bonds. The highest BCUT2D eigenvalue weighted by Crippen LogP contribution is 2.24. The van der Waals surface area contributed by atoms with E-state index in [0.717, 1.165) is 37.1 Å². The Labute approximate surface area is 182 Å². The zero-order valence-corrected chi connectivity index (χ0v) is 18.7. The topological polar surface area (TPSA) is 119 Å². The number of anilines is 1. The van der Waals surface area contributed by atoms with Crippen molar-refractivity contribution < 1.29 is 8.95 Å². The van der Waals surface area contributed by atoms with Crippen molar-refractivity contribution in [3.8, 4) is 6.01 Å². The number of hydrogen-bond donors (Lipinski definition) is 3. The van der Waals surface area contributed by atoms with Crippen LogP contribution in [-0.4, -0.2) is 48.9 Å². The van der Waals surface area contributed by atoms with Crippen LogP contribution in [0.25, 0.3) is 5.65 Å². The maximum Gasteiger partial charge on any atom is 0.322 e. The van der Waals surface area contributed by atoms with Gasteiger partial charge in [0.15, 0.2) is 5.65 Å². The molecule has 166 valence electrons. The van der Waals surface area contributed by atoms with Crippen LogP contribution in [0.15, 0.2) is 35.4 Å². The van der Waals surface area contributed by atoms with Crippen LogP contribution in [0.2, 0.25) is 0 Å². The summed E-state index contributed by atoms with van der Waals surface area (Å²) in [6, 6.07) is 7.59. The van der Waals surface area contributed by atoms with E-state index in [-0.39, 0.29) is 12.0 Å². The van der Waals surface area contributed by atoms with Crippen molar-refractivity contribution in [3.63, 3.8) is 0 Å². The molecule has 0 radical (unpaired) electrons. The molecular weight excluding hydrogens is 414 g/mol. The highest BCUT2D eigenvalue weighted by atomic mass is 32.2. The van der Waals surface area contributed by atoms with Crippen LogP contribution in [0.5, 0.6) is 6.01 Å². The second kappa shape index (κ2) is 8.81. The van der Waals surface area contributed by atoms with Gasteiger partial charge >= 0.3 is 6.01 Å². The lowest BCUT2D eigenvalue weighted by atomic mass is 10.1. The molecule has 4 rings (SSSR count). The molecular formula is C21H29N7O2S. The molecule has 10 heteroatoms. The van der Waals surface area contributed by atoms with E-state index in [0.29, 0.717) is 29.0 Å². The molecule has 1 fully saturated rings. The van der Waals surface area contributed by atoms with E-state index < -0.39 is 9.71 Å².